The largest absolute Gasteiger partial charge is 0.359 e. The van der Waals surface area contributed by atoms with Crippen molar-refractivity contribution >= 4 is 63.7 Å². The molecule has 4 heterocycles. The maximum absolute atomic E-state index is 13.0. The normalized spacial score (nSPS) is 13.7. The third-order valence-electron chi connectivity index (χ3n) is 9.92. The molecule has 0 aliphatic carbocycles. The van der Waals surface area contributed by atoms with Crippen molar-refractivity contribution in [2.75, 3.05) is 0 Å². The van der Waals surface area contributed by atoms with E-state index in [0.717, 1.165) is 36.7 Å². The molecule has 0 saturated carbocycles. The molecule has 10 aromatic rings. The lowest BCUT2D eigenvalue weighted by Gasteiger charge is -2.09. The fraction of sp³-hybridized carbons (Fsp3) is 0.0784. The van der Waals surface area contributed by atoms with Gasteiger partial charge in [-0.15, -0.1) is 0 Å². The number of nitrogens with zero attached hydrogens (tertiary/aromatic N) is 5. The van der Waals surface area contributed by atoms with Crippen LogP contribution >= 0.6 is 0 Å². The van der Waals surface area contributed by atoms with E-state index >= 15 is 0 Å². The third-order valence-corrected chi connectivity index (χ3v) is 13.4. The highest BCUT2D eigenvalue weighted by Gasteiger charge is 2.21. The SMILES string of the molecule is N#Cc1ccc2c(ccn2S(=O)(=O)c2ccccc2)c1.[2H]C([2H])([2H])c1cc2cc(C#N)ccc2[nH]1.[2H]C([2H])([2H])c1cc2cc(C#N)ccc2n1S(=O)(=O)c1ccccc1.[2H]C([2H])([2H])c1cc2cc(CN)ccc2[nH]1. The predicted octanol–water partition coefficient (Wildman–Crippen LogP) is 10.1. The number of nitrogens with one attached hydrogen (secondary N) is 2. The highest BCUT2D eigenvalue weighted by atomic mass is 32.2. The summed E-state index contributed by atoms with van der Waals surface area (Å²) in [4.78, 5) is 5.93. The molecule has 65 heavy (non-hydrogen) atoms. The zero-order chi connectivity index (χ0) is 53.8. The van der Waals surface area contributed by atoms with Gasteiger partial charge in [0.2, 0.25) is 0 Å². The number of aromatic amines is 2. The topological polar surface area (TPSA) is 207 Å². The Morgan fingerprint density at radius 1 is 0.538 bits per heavy atom. The molecular weight excluding hydrogens is 853 g/mol. The first-order valence-electron chi connectivity index (χ1n) is 23.9. The van der Waals surface area contributed by atoms with Crippen molar-refractivity contribution in [2.45, 2.75) is 36.9 Å². The van der Waals surface area contributed by atoms with E-state index in [-0.39, 0.29) is 32.4 Å². The number of fused-ring (bicyclic) bond motifs is 4. The van der Waals surface area contributed by atoms with Gasteiger partial charge in [0.1, 0.15) is 0 Å². The Kier molecular flexibility index (Phi) is 10.1. The summed E-state index contributed by atoms with van der Waals surface area (Å²) in [5.41, 5.74) is 10.4. The van der Waals surface area contributed by atoms with E-state index in [1.54, 1.807) is 103 Å². The summed E-state index contributed by atoms with van der Waals surface area (Å²) in [5.74, 6) is 0. The fourth-order valence-electron chi connectivity index (χ4n) is 6.83. The van der Waals surface area contributed by atoms with Crippen molar-refractivity contribution in [1.82, 2.24) is 17.9 Å². The number of benzene rings is 6. The number of nitriles is 3. The molecule has 0 aliphatic rings. The summed E-state index contributed by atoms with van der Waals surface area (Å²) in [7, 11) is -7.69. The lowest BCUT2D eigenvalue weighted by Crippen LogP contribution is -2.14. The van der Waals surface area contributed by atoms with Gasteiger partial charge in [-0.1, -0.05) is 42.5 Å². The highest BCUT2D eigenvalue weighted by Crippen LogP contribution is 2.27. The van der Waals surface area contributed by atoms with E-state index < -0.39 is 40.6 Å². The van der Waals surface area contributed by atoms with Gasteiger partial charge in [-0.25, -0.2) is 24.8 Å². The van der Waals surface area contributed by atoms with Crippen LogP contribution in [-0.4, -0.2) is 34.7 Å². The fourth-order valence-corrected chi connectivity index (χ4v) is 9.65. The first-order valence-corrected chi connectivity index (χ1v) is 22.3. The average Bonchev–Trinajstić information content (AvgIpc) is 4.20. The number of aryl methyl sites for hydroxylation is 3. The number of nitrogens with two attached hydrogens (primary N) is 1. The Hall–Kier alpha value is -8.19. The first-order chi connectivity index (χ1) is 34.9. The zero-order valence-corrected chi connectivity index (χ0v) is 35.7. The maximum atomic E-state index is 13.0. The molecule has 0 spiro atoms. The molecule has 0 radical (unpaired) electrons. The molecule has 0 aliphatic heterocycles. The monoisotopic (exact) mass is 903 g/mol. The number of hydrogen-bond donors (Lipinski definition) is 3. The molecule has 6 aromatic carbocycles. The second-order valence-corrected chi connectivity index (χ2v) is 17.8. The Labute approximate surface area is 389 Å². The van der Waals surface area contributed by atoms with Crippen molar-refractivity contribution in [3.63, 3.8) is 0 Å². The van der Waals surface area contributed by atoms with Gasteiger partial charge in [-0.05, 0) is 147 Å². The molecule has 4 N–H and O–H groups in total. The Bertz CT molecular complexity index is 4050. The number of rotatable bonds is 5. The predicted molar refractivity (Wildman–Crippen MR) is 255 cm³/mol. The summed E-state index contributed by atoms with van der Waals surface area (Å²) in [6.07, 6.45) is 1.51. The van der Waals surface area contributed by atoms with Gasteiger partial charge in [0, 0.05) is 69.4 Å². The smallest absolute Gasteiger partial charge is 0.268 e. The summed E-state index contributed by atoms with van der Waals surface area (Å²) >= 11 is 0. The molecule has 0 unspecified atom stereocenters. The number of H-pyrrole nitrogens is 2. The van der Waals surface area contributed by atoms with E-state index in [1.165, 1.54) is 46.6 Å². The van der Waals surface area contributed by atoms with Crippen LogP contribution in [0.1, 0.15) is 51.7 Å². The van der Waals surface area contributed by atoms with Crippen molar-refractivity contribution in [2.24, 2.45) is 5.73 Å². The molecule has 0 amide bonds. The van der Waals surface area contributed by atoms with Crippen LogP contribution < -0.4 is 5.73 Å². The highest BCUT2D eigenvalue weighted by molar-refractivity contribution is 7.90. The molecule has 12 nitrogen and oxygen atoms in total. The van der Waals surface area contributed by atoms with Crippen molar-refractivity contribution in [1.29, 1.82) is 15.8 Å². The van der Waals surface area contributed by atoms with E-state index in [9.17, 15) is 16.8 Å². The van der Waals surface area contributed by atoms with Crippen LogP contribution in [0.2, 0.25) is 0 Å². The molecule has 14 heteroatoms. The molecule has 10 rings (SSSR count). The lowest BCUT2D eigenvalue weighted by atomic mass is 10.1. The van der Waals surface area contributed by atoms with Crippen LogP contribution in [0.15, 0.2) is 174 Å². The van der Waals surface area contributed by atoms with Crippen LogP contribution in [0.4, 0.5) is 0 Å². The van der Waals surface area contributed by atoms with E-state index in [0.29, 0.717) is 34.1 Å². The Balaban J connectivity index is 0.000000147. The Morgan fingerprint density at radius 3 is 1.60 bits per heavy atom. The quantitative estimate of drug-likeness (QED) is 0.151. The van der Waals surface area contributed by atoms with Crippen LogP contribution in [0, 0.1) is 54.5 Å². The van der Waals surface area contributed by atoms with Gasteiger partial charge in [0.15, 0.2) is 0 Å². The van der Waals surface area contributed by atoms with Crippen LogP contribution in [0.5, 0.6) is 0 Å². The number of hydrogen-bond acceptors (Lipinski definition) is 8. The van der Waals surface area contributed by atoms with Crippen molar-refractivity contribution in [3.05, 3.63) is 203 Å². The standard InChI is InChI=1S/C16H12N2O2S.C15H10N2O2S.C10H12N2.C10H8N2/c1-12-9-14-10-13(11-17)7-8-16(14)18(12)21(19,20)15-5-3-2-4-6-15;16-11-12-6-7-15-13(10-12)8-9-17(15)20(18,19)14-4-2-1-3-5-14;2*1-7-4-9-5-8(6-11)2-3-10(9)12-7/h2-10H,1H3;1-10H;2-5,12H,6,11H2,1H3;2-5,12H,1H3/i1D3;;2*1D3. The molecular formula is C51H42N8O4S2. The third kappa shape index (κ3) is 9.74. The van der Waals surface area contributed by atoms with E-state index in [2.05, 4.69) is 9.97 Å². The zero-order valence-electron chi connectivity index (χ0n) is 43.1. The summed E-state index contributed by atoms with van der Waals surface area (Å²) in [6.45, 7) is -6.37. The van der Waals surface area contributed by atoms with Crippen LogP contribution in [0.3, 0.4) is 0 Å². The molecule has 0 bridgehead atoms. The summed E-state index contributed by atoms with van der Waals surface area (Å²) in [5, 5.41) is 29.3. The van der Waals surface area contributed by atoms with E-state index in [1.807, 2.05) is 36.4 Å². The minimum Gasteiger partial charge on any atom is -0.359 e. The first kappa shape index (κ1) is 34.3. The van der Waals surface area contributed by atoms with E-state index in [4.69, 9.17) is 33.9 Å². The molecule has 0 saturated heterocycles. The average molecular weight is 904 g/mol. The molecule has 0 atom stereocenters. The minimum absolute atomic E-state index is 0.00244. The van der Waals surface area contributed by atoms with Crippen LogP contribution in [-0.2, 0) is 26.6 Å². The number of aromatic nitrogens is 4. The van der Waals surface area contributed by atoms with Crippen molar-refractivity contribution < 1.29 is 29.2 Å². The maximum Gasteiger partial charge on any atom is 0.268 e. The lowest BCUT2D eigenvalue weighted by molar-refractivity contribution is 0.586. The van der Waals surface area contributed by atoms with Gasteiger partial charge in [-0.3, -0.25) is 0 Å². The minimum atomic E-state index is -4.08. The second-order valence-electron chi connectivity index (χ2n) is 14.2. The molecule has 322 valence electrons. The summed E-state index contributed by atoms with van der Waals surface area (Å²) < 4.78 is 120. The summed E-state index contributed by atoms with van der Waals surface area (Å²) in [6, 6.07) is 48.1. The van der Waals surface area contributed by atoms with Crippen molar-refractivity contribution in [3.8, 4) is 18.2 Å². The Morgan fingerprint density at radius 2 is 1.05 bits per heavy atom. The molecule has 0 fully saturated rings. The van der Waals surface area contributed by atoms with Gasteiger partial charge in [0.05, 0.1) is 55.7 Å². The van der Waals surface area contributed by atoms with Gasteiger partial charge < -0.3 is 15.7 Å². The van der Waals surface area contributed by atoms with Gasteiger partial charge in [0.25, 0.3) is 20.0 Å². The molecule has 4 aromatic heterocycles. The van der Waals surface area contributed by atoms with Crippen LogP contribution in [0.25, 0.3) is 43.6 Å². The van der Waals surface area contributed by atoms with Gasteiger partial charge >= 0.3 is 0 Å². The van der Waals surface area contributed by atoms with Gasteiger partial charge in [-0.2, -0.15) is 15.8 Å². The second kappa shape index (κ2) is 19.1.